The van der Waals surface area contributed by atoms with Crippen LogP contribution in [0.3, 0.4) is 0 Å². The summed E-state index contributed by atoms with van der Waals surface area (Å²) in [6.07, 6.45) is 5.40. The number of anilines is 2. The van der Waals surface area contributed by atoms with Gasteiger partial charge in [0.25, 0.3) is 0 Å². The maximum atomic E-state index is 5.57. The van der Waals surface area contributed by atoms with Gasteiger partial charge in [-0.15, -0.1) is 0 Å². The van der Waals surface area contributed by atoms with Crippen LogP contribution in [0.4, 0.5) is 11.5 Å². The summed E-state index contributed by atoms with van der Waals surface area (Å²) in [6.45, 7) is 0. The van der Waals surface area contributed by atoms with E-state index >= 15 is 0 Å². The van der Waals surface area contributed by atoms with Gasteiger partial charge in [0.2, 0.25) is 0 Å². The third-order valence-corrected chi connectivity index (χ3v) is 2.86. The minimum Gasteiger partial charge on any atom is -0.397 e. The molecule has 4 heteroatoms. The van der Waals surface area contributed by atoms with Crippen molar-refractivity contribution in [2.45, 2.75) is 31.4 Å². The van der Waals surface area contributed by atoms with Gasteiger partial charge in [-0.3, -0.25) is 0 Å². The third-order valence-electron chi connectivity index (χ3n) is 2.86. The van der Waals surface area contributed by atoms with Crippen molar-refractivity contribution in [2.24, 2.45) is 0 Å². The number of methoxy groups -OCH3 is 1. The van der Waals surface area contributed by atoms with E-state index in [9.17, 15) is 0 Å². The Morgan fingerprint density at radius 3 is 2.93 bits per heavy atom. The molecule has 0 radical (unpaired) electrons. The first-order valence-corrected chi connectivity index (χ1v) is 5.29. The van der Waals surface area contributed by atoms with E-state index in [0.29, 0.717) is 17.8 Å². The fourth-order valence-electron chi connectivity index (χ4n) is 1.99. The summed E-state index contributed by atoms with van der Waals surface area (Å²) < 4.78 is 5.32. The van der Waals surface area contributed by atoms with Crippen LogP contribution in [0.5, 0.6) is 0 Å². The number of aromatic nitrogens is 1. The average molecular weight is 207 g/mol. The smallest absolute Gasteiger partial charge is 0.126 e. The molecule has 1 aliphatic rings. The topological polar surface area (TPSA) is 60.2 Å². The highest BCUT2D eigenvalue weighted by atomic mass is 16.5. The van der Waals surface area contributed by atoms with Gasteiger partial charge < -0.3 is 15.8 Å². The second-order valence-electron chi connectivity index (χ2n) is 3.99. The Morgan fingerprint density at radius 2 is 2.33 bits per heavy atom. The summed E-state index contributed by atoms with van der Waals surface area (Å²) in [7, 11) is 1.77. The molecule has 0 aromatic carbocycles. The van der Waals surface area contributed by atoms with E-state index in [1.165, 1.54) is 0 Å². The van der Waals surface area contributed by atoms with Gasteiger partial charge in [0.15, 0.2) is 0 Å². The molecule has 0 saturated heterocycles. The van der Waals surface area contributed by atoms with Crippen LogP contribution in [-0.4, -0.2) is 24.2 Å². The monoisotopic (exact) mass is 207 g/mol. The second kappa shape index (κ2) is 4.49. The zero-order valence-corrected chi connectivity index (χ0v) is 8.94. The lowest BCUT2D eigenvalue weighted by molar-refractivity contribution is 0.108. The number of nitrogens with two attached hydrogens (primary N) is 1. The molecule has 0 bridgehead atoms. The lowest BCUT2D eigenvalue weighted by Crippen LogP contribution is -2.17. The molecule has 1 aromatic rings. The molecule has 2 unspecified atom stereocenters. The van der Waals surface area contributed by atoms with Crippen LogP contribution in [0.15, 0.2) is 18.3 Å². The minimum absolute atomic E-state index is 0.399. The predicted octanol–water partition coefficient (Wildman–Crippen LogP) is 1.64. The van der Waals surface area contributed by atoms with Crippen molar-refractivity contribution in [1.29, 1.82) is 0 Å². The van der Waals surface area contributed by atoms with Crippen molar-refractivity contribution in [2.75, 3.05) is 18.2 Å². The Balaban J connectivity index is 1.90. The van der Waals surface area contributed by atoms with E-state index in [1.807, 2.05) is 12.1 Å². The first-order chi connectivity index (χ1) is 7.28. The van der Waals surface area contributed by atoms with Crippen LogP contribution in [-0.2, 0) is 4.74 Å². The molecule has 0 aliphatic heterocycles. The highest BCUT2D eigenvalue weighted by Gasteiger charge is 2.24. The van der Waals surface area contributed by atoms with Crippen LogP contribution in [0.25, 0.3) is 0 Å². The third kappa shape index (κ3) is 2.59. The summed E-state index contributed by atoms with van der Waals surface area (Å²) in [5, 5.41) is 3.39. The van der Waals surface area contributed by atoms with E-state index in [4.69, 9.17) is 10.5 Å². The summed E-state index contributed by atoms with van der Waals surface area (Å²) >= 11 is 0. The first kappa shape index (κ1) is 10.2. The van der Waals surface area contributed by atoms with Crippen LogP contribution in [0, 0.1) is 0 Å². The number of hydrogen-bond acceptors (Lipinski definition) is 4. The highest BCUT2D eigenvalue weighted by Crippen LogP contribution is 2.24. The molecular formula is C11H17N3O. The van der Waals surface area contributed by atoms with Crippen molar-refractivity contribution < 1.29 is 4.74 Å². The SMILES string of the molecule is COC1CCC(Nc2ccc(N)cn2)C1. The highest BCUT2D eigenvalue weighted by molar-refractivity contribution is 5.44. The van der Waals surface area contributed by atoms with Gasteiger partial charge in [-0.25, -0.2) is 4.98 Å². The van der Waals surface area contributed by atoms with Crippen molar-refractivity contribution in [3.05, 3.63) is 18.3 Å². The Kier molecular flexibility index (Phi) is 3.06. The first-order valence-electron chi connectivity index (χ1n) is 5.29. The number of nitrogens with zero attached hydrogens (tertiary/aromatic N) is 1. The van der Waals surface area contributed by atoms with E-state index in [1.54, 1.807) is 13.3 Å². The molecule has 1 heterocycles. The predicted molar refractivity (Wildman–Crippen MR) is 60.7 cm³/mol. The molecule has 1 aromatic heterocycles. The van der Waals surface area contributed by atoms with Gasteiger partial charge in [0.1, 0.15) is 5.82 Å². The minimum atomic E-state index is 0.399. The summed E-state index contributed by atoms with van der Waals surface area (Å²) in [6, 6.07) is 4.25. The van der Waals surface area contributed by atoms with Gasteiger partial charge in [0, 0.05) is 13.2 Å². The van der Waals surface area contributed by atoms with E-state index in [-0.39, 0.29) is 0 Å². The Labute approximate surface area is 89.8 Å². The summed E-state index contributed by atoms with van der Waals surface area (Å²) in [4.78, 5) is 4.22. The molecule has 15 heavy (non-hydrogen) atoms. The number of pyridine rings is 1. The number of rotatable bonds is 3. The summed E-state index contributed by atoms with van der Waals surface area (Å²) in [5.74, 6) is 0.894. The molecule has 2 atom stereocenters. The second-order valence-corrected chi connectivity index (χ2v) is 3.99. The molecule has 1 fully saturated rings. The largest absolute Gasteiger partial charge is 0.397 e. The van der Waals surface area contributed by atoms with Gasteiger partial charge >= 0.3 is 0 Å². The maximum Gasteiger partial charge on any atom is 0.126 e. The zero-order chi connectivity index (χ0) is 10.7. The van der Waals surface area contributed by atoms with Crippen LogP contribution >= 0.6 is 0 Å². The lowest BCUT2D eigenvalue weighted by atomic mass is 10.2. The fraction of sp³-hybridized carbons (Fsp3) is 0.545. The number of ether oxygens (including phenoxy) is 1. The fourth-order valence-corrected chi connectivity index (χ4v) is 1.99. The van der Waals surface area contributed by atoms with E-state index in [2.05, 4.69) is 10.3 Å². The van der Waals surface area contributed by atoms with E-state index < -0.39 is 0 Å². The van der Waals surface area contributed by atoms with Crippen molar-refractivity contribution in [1.82, 2.24) is 4.98 Å². The number of nitrogens with one attached hydrogen (secondary N) is 1. The normalized spacial score (nSPS) is 25.4. The van der Waals surface area contributed by atoms with Gasteiger partial charge in [-0.05, 0) is 31.4 Å². The van der Waals surface area contributed by atoms with Crippen LogP contribution < -0.4 is 11.1 Å². The van der Waals surface area contributed by atoms with Gasteiger partial charge in [0.05, 0.1) is 18.0 Å². The molecule has 4 nitrogen and oxygen atoms in total. The van der Waals surface area contributed by atoms with E-state index in [0.717, 1.165) is 25.1 Å². The Hall–Kier alpha value is -1.29. The maximum absolute atomic E-state index is 5.57. The van der Waals surface area contributed by atoms with Crippen LogP contribution in [0.2, 0.25) is 0 Å². The zero-order valence-electron chi connectivity index (χ0n) is 8.94. The van der Waals surface area contributed by atoms with Crippen molar-refractivity contribution >= 4 is 11.5 Å². The number of nitrogen functional groups attached to an aromatic ring is 1. The lowest BCUT2D eigenvalue weighted by Gasteiger charge is -2.13. The molecule has 82 valence electrons. The molecule has 0 amide bonds. The van der Waals surface area contributed by atoms with Crippen molar-refractivity contribution in [3.8, 4) is 0 Å². The van der Waals surface area contributed by atoms with Crippen molar-refractivity contribution in [3.63, 3.8) is 0 Å². The molecule has 1 saturated carbocycles. The molecule has 0 spiro atoms. The molecule has 1 aliphatic carbocycles. The standard InChI is InChI=1S/C11H17N3O/c1-15-10-4-3-9(6-10)14-11-5-2-8(12)7-13-11/h2,5,7,9-10H,3-4,6,12H2,1H3,(H,13,14). The Bertz CT molecular complexity index is 312. The number of hydrogen-bond donors (Lipinski definition) is 2. The molecule has 2 rings (SSSR count). The Morgan fingerprint density at radius 1 is 1.47 bits per heavy atom. The average Bonchev–Trinajstić information content (AvgIpc) is 2.69. The molecule has 3 N–H and O–H groups in total. The van der Waals surface area contributed by atoms with Gasteiger partial charge in [-0.2, -0.15) is 0 Å². The summed E-state index contributed by atoms with van der Waals surface area (Å²) in [5.41, 5.74) is 6.26. The van der Waals surface area contributed by atoms with Gasteiger partial charge in [-0.1, -0.05) is 0 Å². The molecular weight excluding hydrogens is 190 g/mol. The quantitative estimate of drug-likeness (QED) is 0.791. The van der Waals surface area contributed by atoms with Crippen LogP contribution in [0.1, 0.15) is 19.3 Å².